The van der Waals surface area contributed by atoms with Gasteiger partial charge in [0.2, 0.25) is 0 Å². The van der Waals surface area contributed by atoms with Gasteiger partial charge in [0.1, 0.15) is 0 Å². The molecule has 4 nitrogen and oxygen atoms in total. The van der Waals surface area contributed by atoms with Crippen LogP contribution in [0.4, 0.5) is 5.69 Å². The maximum atomic E-state index is 11.8. The summed E-state index contributed by atoms with van der Waals surface area (Å²) in [6.45, 7) is -0.430. The molecule has 120 valence electrons. The zero-order valence-electron chi connectivity index (χ0n) is 11.8. The lowest BCUT2D eigenvalue weighted by Crippen LogP contribution is -2.22. The molecule has 0 atom stereocenters. The Morgan fingerprint density at radius 1 is 1.00 bits per heavy atom. The number of ether oxygens (including phenoxy) is 1. The van der Waals surface area contributed by atoms with Crippen LogP contribution in [0.15, 0.2) is 42.5 Å². The minimum absolute atomic E-state index is 0.0938. The number of hydrogen-bond acceptors (Lipinski definition) is 3. The van der Waals surface area contributed by atoms with Crippen LogP contribution in [-0.2, 0) is 20.7 Å². The number of carbonyl (C=O) groups is 2. The molecule has 0 radical (unpaired) electrons. The summed E-state index contributed by atoms with van der Waals surface area (Å²) in [5, 5.41) is 3.24. The van der Waals surface area contributed by atoms with Crippen molar-refractivity contribution in [3.8, 4) is 0 Å². The van der Waals surface area contributed by atoms with Gasteiger partial charge in [-0.1, -0.05) is 65.1 Å². The molecule has 1 N–H and O–H groups in total. The van der Waals surface area contributed by atoms with Gasteiger partial charge in [-0.3, -0.25) is 9.59 Å². The number of hydrogen-bond donors (Lipinski definition) is 1. The summed E-state index contributed by atoms with van der Waals surface area (Å²) in [7, 11) is 0. The zero-order chi connectivity index (χ0) is 16.8. The molecule has 0 aromatic heterocycles. The third-order valence-electron chi connectivity index (χ3n) is 2.83. The van der Waals surface area contributed by atoms with Crippen molar-refractivity contribution in [3.05, 3.63) is 63.1 Å². The minimum Gasteiger partial charge on any atom is -0.455 e. The Kier molecular flexibility index (Phi) is 6.28. The largest absolute Gasteiger partial charge is 0.455 e. The van der Waals surface area contributed by atoms with E-state index in [1.807, 2.05) is 18.2 Å². The smallest absolute Gasteiger partial charge is 0.310 e. The third kappa shape index (κ3) is 5.43. The van der Waals surface area contributed by atoms with Crippen molar-refractivity contribution in [3.63, 3.8) is 0 Å². The quantitative estimate of drug-likeness (QED) is 0.793. The lowest BCUT2D eigenvalue weighted by Gasteiger charge is -2.10. The van der Waals surface area contributed by atoms with Crippen molar-refractivity contribution >= 4 is 52.4 Å². The number of benzene rings is 2. The molecule has 0 aliphatic rings. The first-order valence-electron chi connectivity index (χ1n) is 6.59. The molecule has 2 aromatic carbocycles. The zero-order valence-corrected chi connectivity index (χ0v) is 14.1. The molecule has 7 heteroatoms. The van der Waals surface area contributed by atoms with Crippen LogP contribution in [0, 0.1) is 0 Å². The lowest BCUT2D eigenvalue weighted by molar-refractivity contribution is -0.146. The first-order valence-corrected chi connectivity index (χ1v) is 7.73. The normalized spacial score (nSPS) is 10.2. The molecule has 2 aromatic rings. The molecule has 0 saturated heterocycles. The second kappa shape index (κ2) is 8.20. The number of anilines is 1. The van der Waals surface area contributed by atoms with Crippen molar-refractivity contribution in [1.82, 2.24) is 0 Å². The Morgan fingerprint density at radius 3 is 2.22 bits per heavy atom. The third-order valence-corrected chi connectivity index (χ3v) is 3.64. The Bertz CT molecular complexity index is 697. The minimum atomic E-state index is -0.544. The van der Waals surface area contributed by atoms with Crippen molar-refractivity contribution in [2.45, 2.75) is 6.42 Å². The molecule has 0 unspecified atom stereocenters. The first kappa shape index (κ1) is 17.6. The topological polar surface area (TPSA) is 55.4 Å². The van der Waals surface area contributed by atoms with Crippen molar-refractivity contribution in [2.75, 3.05) is 11.9 Å². The predicted octanol–water partition coefficient (Wildman–Crippen LogP) is 4.37. The highest BCUT2D eigenvalue weighted by atomic mass is 35.5. The average molecular weight is 373 g/mol. The van der Waals surface area contributed by atoms with Gasteiger partial charge < -0.3 is 10.1 Å². The summed E-state index contributed by atoms with van der Waals surface area (Å²) in [6.07, 6.45) is 0.0938. The summed E-state index contributed by atoms with van der Waals surface area (Å²) in [5.74, 6) is -1.04. The van der Waals surface area contributed by atoms with Gasteiger partial charge in [-0.05, 0) is 17.7 Å². The molecule has 0 heterocycles. The van der Waals surface area contributed by atoms with E-state index < -0.39 is 18.5 Å². The second-order valence-electron chi connectivity index (χ2n) is 4.62. The van der Waals surface area contributed by atoms with Crippen LogP contribution in [-0.4, -0.2) is 18.5 Å². The molecule has 0 aliphatic heterocycles. The molecule has 0 bridgehead atoms. The summed E-state index contributed by atoms with van der Waals surface area (Å²) < 4.78 is 4.92. The number of nitrogens with one attached hydrogen (secondary N) is 1. The lowest BCUT2D eigenvalue weighted by atomic mass is 10.2. The SMILES string of the molecule is O=C(COC(=O)Cc1ccccc1)Nc1c(Cl)cc(Cl)cc1Cl. The highest BCUT2D eigenvalue weighted by Crippen LogP contribution is 2.33. The summed E-state index contributed by atoms with van der Waals surface area (Å²) >= 11 is 17.7. The van der Waals surface area contributed by atoms with E-state index in [2.05, 4.69) is 5.32 Å². The highest BCUT2D eigenvalue weighted by Gasteiger charge is 2.13. The maximum Gasteiger partial charge on any atom is 0.310 e. The van der Waals surface area contributed by atoms with Crippen LogP contribution in [0.5, 0.6) is 0 Å². The van der Waals surface area contributed by atoms with Crippen LogP contribution >= 0.6 is 34.8 Å². The van der Waals surface area contributed by atoms with Gasteiger partial charge in [-0.2, -0.15) is 0 Å². The molecule has 0 spiro atoms. The van der Waals surface area contributed by atoms with E-state index in [-0.39, 0.29) is 22.2 Å². The fourth-order valence-corrected chi connectivity index (χ4v) is 2.71. The summed E-state index contributed by atoms with van der Waals surface area (Å²) in [4.78, 5) is 23.5. The first-order chi connectivity index (χ1) is 11.0. The highest BCUT2D eigenvalue weighted by molar-refractivity contribution is 6.42. The Morgan fingerprint density at radius 2 is 1.61 bits per heavy atom. The number of amides is 1. The fraction of sp³-hybridized carbons (Fsp3) is 0.125. The van der Waals surface area contributed by atoms with E-state index in [4.69, 9.17) is 39.5 Å². The van der Waals surface area contributed by atoms with Gasteiger partial charge in [0.05, 0.1) is 22.2 Å². The average Bonchev–Trinajstić information content (AvgIpc) is 2.50. The van der Waals surface area contributed by atoms with Gasteiger partial charge in [-0.15, -0.1) is 0 Å². The molecule has 23 heavy (non-hydrogen) atoms. The molecule has 0 saturated carbocycles. The van der Waals surface area contributed by atoms with Crippen LogP contribution in [0.1, 0.15) is 5.56 Å². The maximum absolute atomic E-state index is 11.8. The van der Waals surface area contributed by atoms with E-state index in [9.17, 15) is 9.59 Å². The Balaban J connectivity index is 1.87. The van der Waals surface area contributed by atoms with Crippen LogP contribution < -0.4 is 5.32 Å². The molecule has 0 aliphatic carbocycles. The van der Waals surface area contributed by atoms with Crippen molar-refractivity contribution in [1.29, 1.82) is 0 Å². The van der Waals surface area contributed by atoms with E-state index in [1.54, 1.807) is 12.1 Å². The van der Waals surface area contributed by atoms with Gasteiger partial charge in [0.25, 0.3) is 5.91 Å². The monoisotopic (exact) mass is 371 g/mol. The van der Waals surface area contributed by atoms with Crippen molar-refractivity contribution < 1.29 is 14.3 Å². The van der Waals surface area contributed by atoms with Gasteiger partial charge in [-0.25, -0.2) is 0 Å². The summed E-state index contributed by atoms with van der Waals surface area (Å²) in [5.41, 5.74) is 1.03. The van der Waals surface area contributed by atoms with Gasteiger partial charge in [0, 0.05) is 5.02 Å². The van der Waals surface area contributed by atoms with E-state index in [0.717, 1.165) is 5.56 Å². The number of rotatable bonds is 5. The van der Waals surface area contributed by atoms with Crippen LogP contribution in [0.2, 0.25) is 15.1 Å². The summed E-state index contributed by atoms with van der Waals surface area (Å²) in [6, 6.07) is 12.0. The molecular weight excluding hydrogens is 361 g/mol. The van der Waals surface area contributed by atoms with E-state index in [1.165, 1.54) is 12.1 Å². The number of carbonyl (C=O) groups excluding carboxylic acids is 2. The molecular formula is C16H12Cl3NO3. The van der Waals surface area contributed by atoms with E-state index in [0.29, 0.717) is 5.02 Å². The molecule has 1 amide bonds. The number of halogens is 3. The Hall–Kier alpha value is -1.75. The Labute approximate surface area is 148 Å². The number of esters is 1. The van der Waals surface area contributed by atoms with Crippen LogP contribution in [0.25, 0.3) is 0 Å². The molecule has 2 rings (SSSR count). The van der Waals surface area contributed by atoms with Gasteiger partial charge in [0.15, 0.2) is 6.61 Å². The second-order valence-corrected chi connectivity index (χ2v) is 5.87. The van der Waals surface area contributed by atoms with Crippen LogP contribution in [0.3, 0.4) is 0 Å². The molecule has 0 fully saturated rings. The van der Waals surface area contributed by atoms with Gasteiger partial charge >= 0.3 is 5.97 Å². The predicted molar refractivity (Wildman–Crippen MR) is 91.2 cm³/mol. The standard InChI is InChI=1S/C16H12Cl3NO3/c17-11-7-12(18)16(13(19)8-11)20-14(21)9-23-15(22)6-10-4-2-1-3-5-10/h1-5,7-8H,6,9H2,(H,20,21). The fourth-order valence-electron chi connectivity index (χ4n) is 1.80. The van der Waals surface area contributed by atoms with E-state index >= 15 is 0 Å². The van der Waals surface area contributed by atoms with Crippen molar-refractivity contribution in [2.24, 2.45) is 0 Å².